The Hall–Kier alpha value is -1.00. The van der Waals surface area contributed by atoms with E-state index in [9.17, 15) is 0 Å². The van der Waals surface area contributed by atoms with Gasteiger partial charge in [0.2, 0.25) is 0 Å². The third kappa shape index (κ3) is 8.77. The molecule has 1 N–H and O–H groups in total. The van der Waals surface area contributed by atoms with Crippen LogP contribution in [0.1, 0.15) is 39.5 Å². The molecule has 0 bridgehead atoms. The van der Waals surface area contributed by atoms with E-state index in [0.717, 1.165) is 25.7 Å². The Morgan fingerprint density at radius 2 is 1.35 bits per heavy atom. The molecule has 0 aromatic carbocycles. The zero-order chi connectivity index (χ0) is 12.9. The van der Waals surface area contributed by atoms with Gasteiger partial charge in [0, 0.05) is 0 Å². The maximum absolute atomic E-state index is 5.43. The van der Waals surface area contributed by atoms with Crippen molar-refractivity contribution in [3.05, 3.63) is 0 Å². The summed E-state index contributed by atoms with van der Waals surface area (Å²) in [7, 11) is 0. The van der Waals surface area contributed by atoms with Gasteiger partial charge in [0.05, 0.1) is 13.5 Å². The van der Waals surface area contributed by atoms with Crippen LogP contribution in [0.5, 0.6) is 0 Å². The van der Waals surface area contributed by atoms with Crippen LogP contribution < -0.4 is 5.32 Å². The first-order valence-electron chi connectivity index (χ1n) is 6.14. The van der Waals surface area contributed by atoms with Gasteiger partial charge in [0.15, 0.2) is 0 Å². The van der Waals surface area contributed by atoms with Gasteiger partial charge in [-0.2, -0.15) is 0 Å². The lowest BCUT2D eigenvalue weighted by Crippen LogP contribution is -2.27. The third-order valence-electron chi connectivity index (χ3n) is 2.25. The van der Waals surface area contributed by atoms with Gasteiger partial charge in [-0.3, -0.25) is 5.32 Å². The van der Waals surface area contributed by atoms with E-state index in [1.165, 1.54) is 0 Å². The van der Waals surface area contributed by atoms with Crippen LogP contribution in [0, 0.1) is 24.7 Å². The summed E-state index contributed by atoms with van der Waals surface area (Å²) < 4.78 is 10.9. The van der Waals surface area contributed by atoms with Crippen molar-refractivity contribution in [3.8, 4) is 24.7 Å². The van der Waals surface area contributed by atoms with Crippen molar-refractivity contribution in [2.45, 2.75) is 51.7 Å². The largest absolute Gasteiger partial charge is 0.350 e. The summed E-state index contributed by atoms with van der Waals surface area (Å²) in [5, 5.41) is 3.00. The monoisotopic (exact) mass is 237 g/mol. The second-order valence-corrected chi connectivity index (χ2v) is 3.76. The summed E-state index contributed by atoms with van der Waals surface area (Å²) in [5.41, 5.74) is 0. The molecular formula is C14H23NO2. The normalized spacial score (nSPS) is 13.6. The maximum Gasteiger partial charge on any atom is 0.119 e. The van der Waals surface area contributed by atoms with Gasteiger partial charge >= 0.3 is 0 Å². The minimum Gasteiger partial charge on any atom is -0.350 e. The number of terminal acetylenes is 2. The summed E-state index contributed by atoms with van der Waals surface area (Å²) >= 11 is 0. The highest BCUT2D eigenvalue weighted by molar-refractivity contribution is 4.94. The fourth-order valence-electron chi connectivity index (χ4n) is 1.31. The van der Waals surface area contributed by atoms with Gasteiger partial charge in [-0.05, 0) is 12.8 Å². The van der Waals surface area contributed by atoms with E-state index in [2.05, 4.69) is 31.0 Å². The zero-order valence-electron chi connectivity index (χ0n) is 10.9. The molecule has 0 aliphatic heterocycles. The highest BCUT2D eigenvalue weighted by atomic mass is 16.5. The Morgan fingerprint density at radius 3 is 1.65 bits per heavy atom. The molecule has 96 valence electrons. The van der Waals surface area contributed by atoms with E-state index in [-0.39, 0.29) is 12.2 Å². The molecule has 0 aromatic heterocycles. The lowest BCUT2D eigenvalue weighted by atomic mass is 10.2. The number of hydrogen-bond acceptors (Lipinski definition) is 3. The van der Waals surface area contributed by atoms with Gasteiger partial charge in [-0.25, -0.2) is 0 Å². The predicted octanol–water partition coefficient (Wildman–Crippen LogP) is 2.13. The minimum atomic E-state index is -0.119. The van der Waals surface area contributed by atoms with Crippen molar-refractivity contribution < 1.29 is 9.47 Å². The number of rotatable bonds is 10. The van der Waals surface area contributed by atoms with Crippen molar-refractivity contribution in [2.24, 2.45) is 0 Å². The molecule has 17 heavy (non-hydrogen) atoms. The van der Waals surface area contributed by atoms with E-state index in [0.29, 0.717) is 13.5 Å². The number of nitrogens with one attached hydrogen (secondary N) is 1. The van der Waals surface area contributed by atoms with Crippen LogP contribution in [-0.4, -0.2) is 25.7 Å². The van der Waals surface area contributed by atoms with Crippen LogP contribution >= 0.6 is 0 Å². The average molecular weight is 237 g/mol. The first-order valence-corrected chi connectivity index (χ1v) is 6.14. The molecule has 0 heterocycles. The molecule has 0 spiro atoms. The predicted molar refractivity (Wildman–Crippen MR) is 70.1 cm³/mol. The van der Waals surface area contributed by atoms with Gasteiger partial charge in [0.1, 0.15) is 12.2 Å². The Bertz CT molecular complexity index is 226. The standard InChI is InChI=1S/C14H23NO2/c1-5-9-13(7-3)16-11-15-12-17-14(8-4)10-6-2/h3-4,13-15H,5-6,9-12H2,1-2H3. The summed E-state index contributed by atoms with van der Waals surface area (Å²) in [6, 6.07) is 0. The van der Waals surface area contributed by atoms with Gasteiger partial charge in [0.25, 0.3) is 0 Å². The van der Waals surface area contributed by atoms with E-state index in [1.807, 2.05) is 0 Å². The van der Waals surface area contributed by atoms with Crippen LogP contribution in [0.2, 0.25) is 0 Å². The highest BCUT2D eigenvalue weighted by Crippen LogP contribution is 2.00. The Kier molecular flexibility index (Phi) is 10.8. The molecule has 0 aliphatic carbocycles. The van der Waals surface area contributed by atoms with E-state index in [4.69, 9.17) is 22.3 Å². The van der Waals surface area contributed by atoms with Crippen LogP contribution in [0.4, 0.5) is 0 Å². The Balaban J connectivity index is 3.51. The quantitative estimate of drug-likeness (QED) is 0.359. The Morgan fingerprint density at radius 1 is 0.941 bits per heavy atom. The second-order valence-electron chi connectivity index (χ2n) is 3.76. The smallest absolute Gasteiger partial charge is 0.119 e. The SMILES string of the molecule is C#CC(CCC)OCNCOC(C#C)CCC. The number of hydrogen-bond donors (Lipinski definition) is 1. The number of ether oxygens (including phenoxy) is 2. The third-order valence-corrected chi connectivity index (χ3v) is 2.25. The highest BCUT2D eigenvalue weighted by Gasteiger charge is 2.04. The van der Waals surface area contributed by atoms with E-state index in [1.54, 1.807) is 0 Å². The molecule has 0 rings (SSSR count). The first kappa shape index (κ1) is 16.0. The summed E-state index contributed by atoms with van der Waals surface area (Å²) in [5.74, 6) is 5.20. The van der Waals surface area contributed by atoms with Crippen molar-refractivity contribution in [2.75, 3.05) is 13.5 Å². The molecule has 0 aromatic rings. The molecule has 3 heteroatoms. The molecule has 2 atom stereocenters. The van der Waals surface area contributed by atoms with Crippen LogP contribution in [0.3, 0.4) is 0 Å². The van der Waals surface area contributed by atoms with E-state index < -0.39 is 0 Å². The van der Waals surface area contributed by atoms with Gasteiger partial charge in [-0.15, -0.1) is 12.8 Å². The molecule has 0 saturated heterocycles. The molecular weight excluding hydrogens is 214 g/mol. The van der Waals surface area contributed by atoms with E-state index >= 15 is 0 Å². The molecule has 0 amide bonds. The maximum atomic E-state index is 5.43. The van der Waals surface area contributed by atoms with Crippen molar-refractivity contribution in [1.82, 2.24) is 5.32 Å². The lowest BCUT2D eigenvalue weighted by Gasteiger charge is -2.14. The zero-order valence-corrected chi connectivity index (χ0v) is 10.9. The van der Waals surface area contributed by atoms with Crippen LogP contribution in [0.15, 0.2) is 0 Å². The summed E-state index contributed by atoms with van der Waals surface area (Å²) in [4.78, 5) is 0. The minimum absolute atomic E-state index is 0.119. The first-order chi connectivity index (χ1) is 8.28. The molecule has 2 unspecified atom stereocenters. The molecule has 0 fully saturated rings. The van der Waals surface area contributed by atoms with Gasteiger partial charge in [-0.1, -0.05) is 38.5 Å². The van der Waals surface area contributed by atoms with Crippen molar-refractivity contribution in [1.29, 1.82) is 0 Å². The van der Waals surface area contributed by atoms with Crippen LogP contribution in [0.25, 0.3) is 0 Å². The molecule has 3 nitrogen and oxygen atoms in total. The fourth-order valence-corrected chi connectivity index (χ4v) is 1.31. The molecule has 0 radical (unpaired) electrons. The van der Waals surface area contributed by atoms with Crippen molar-refractivity contribution >= 4 is 0 Å². The van der Waals surface area contributed by atoms with Crippen molar-refractivity contribution in [3.63, 3.8) is 0 Å². The summed E-state index contributed by atoms with van der Waals surface area (Å²) in [6.45, 7) is 4.93. The Labute approximate surface area is 105 Å². The van der Waals surface area contributed by atoms with Gasteiger partial charge < -0.3 is 9.47 Å². The molecule has 0 aliphatic rings. The average Bonchev–Trinajstić information content (AvgIpc) is 2.35. The lowest BCUT2D eigenvalue weighted by molar-refractivity contribution is 0.0194. The summed E-state index contributed by atoms with van der Waals surface area (Å²) in [6.07, 6.45) is 14.2. The van der Waals surface area contributed by atoms with Crippen LogP contribution in [-0.2, 0) is 9.47 Å². The fraction of sp³-hybridized carbons (Fsp3) is 0.714. The topological polar surface area (TPSA) is 30.5 Å². The molecule has 0 saturated carbocycles. The second kappa shape index (κ2) is 11.5.